The predicted octanol–water partition coefficient (Wildman–Crippen LogP) is 6.33. The second-order valence-corrected chi connectivity index (χ2v) is 9.79. The Morgan fingerprint density at radius 2 is 1.62 bits per heavy atom. The fraction of sp³-hybridized carbons (Fsp3) is 0.345. The maximum Gasteiger partial charge on any atom is 0.235 e. The molecule has 1 aliphatic carbocycles. The maximum atomic E-state index is 13.7. The lowest BCUT2D eigenvalue weighted by atomic mass is 9.53. The molecule has 1 saturated carbocycles. The molecule has 2 heterocycles. The molecule has 5 atom stereocenters. The van der Waals surface area contributed by atoms with Gasteiger partial charge in [0.25, 0.3) is 0 Å². The van der Waals surface area contributed by atoms with Crippen molar-refractivity contribution in [2.75, 3.05) is 10.6 Å². The molecule has 162 valence electrons. The number of carbonyl (C=O) groups is 1. The van der Waals surface area contributed by atoms with Gasteiger partial charge in [-0.1, -0.05) is 80.1 Å². The zero-order valence-electron chi connectivity index (χ0n) is 18.6. The summed E-state index contributed by atoms with van der Waals surface area (Å²) in [7, 11) is 0. The number of fused-ring (bicyclic) bond motifs is 4. The van der Waals surface area contributed by atoms with Crippen molar-refractivity contribution in [3.8, 4) is 0 Å². The van der Waals surface area contributed by atoms with E-state index in [1.165, 1.54) is 22.4 Å². The lowest BCUT2D eigenvalue weighted by molar-refractivity contribution is -0.125. The molecule has 2 N–H and O–H groups in total. The van der Waals surface area contributed by atoms with Crippen molar-refractivity contribution in [2.24, 2.45) is 11.8 Å². The highest BCUT2D eigenvalue weighted by Crippen LogP contribution is 2.58. The molecule has 32 heavy (non-hydrogen) atoms. The molecule has 0 saturated heterocycles. The van der Waals surface area contributed by atoms with Crippen LogP contribution in [0.5, 0.6) is 0 Å². The Bertz CT molecular complexity index is 1160. The largest absolute Gasteiger partial charge is 0.382 e. The first-order valence-electron chi connectivity index (χ1n) is 12.0. The van der Waals surface area contributed by atoms with E-state index in [4.69, 9.17) is 0 Å². The molecule has 3 heteroatoms. The minimum atomic E-state index is -0.436. The Labute approximate surface area is 190 Å². The van der Waals surface area contributed by atoms with E-state index in [2.05, 4.69) is 90.4 Å². The molecule has 1 fully saturated rings. The summed E-state index contributed by atoms with van der Waals surface area (Å²) in [6, 6.07) is 28.4. The number of nitrogens with one attached hydrogen (secondary N) is 2. The number of rotatable bonds is 3. The number of para-hydroxylation sites is 2. The Kier molecular flexibility index (Phi) is 4.60. The van der Waals surface area contributed by atoms with Gasteiger partial charge in [-0.2, -0.15) is 0 Å². The monoisotopic (exact) mass is 422 g/mol. The standard InChI is InChI=1S/C29H30N2O/c1-2-10-20-17-26-22(18-29(20)23-14-7-9-16-25(23)31-28(29)32)27(19-11-4-3-5-12-19)21-13-6-8-15-24(21)30-26/h3-9,11-16,20,22,26-27,30H,2,10,17-18H2,1H3,(H,31,32)/t20-,22+,26+,27+,29+/m1/s1. The van der Waals surface area contributed by atoms with Crippen LogP contribution in [0.2, 0.25) is 0 Å². The van der Waals surface area contributed by atoms with E-state index < -0.39 is 5.41 Å². The van der Waals surface area contributed by atoms with Crippen LogP contribution in [0.3, 0.4) is 0 Å². The highest BCUT2D eigenvalue weighted by atomic mass is 16.2. The molecular formula is C29H30N2O. The molecule has 3 aromatic rings. The third-order valence-electron chi connectivity index (χ3n) is 8.23. The molecule has 3 aromatic carbocycles. The second-order valence-electron chi connectivity index (χ2n) is 9.79. The summed E-state index contributed by atoms with van der Waals surface area (Å²) in [6.07, 6.45) is 4.08. The zero-order chi connectivity index (χ0) is 21.7. The van der Waals surface area contributed by atoms with E-state index in [0.29, 0.717) is 23.8 Å². The van der Waals surface area contributed by atoms with Gasteiger partial charge < -0.3 is 10.6 Å². The van der Waals surface area contributed by atoms with Crippen LogP contribution in [0.1, 0.15) is 55.2 Å². The van der Waals surface area contributed by atoms with Crippen molar-refractivity contribution in [1.82, 2.24) is 0 Å². The predicted molar refractivity (Wildman–Crippen MR) is 130 cm³/mol. The Balaban J connectivity index is 1.52. The van der Waals surface area contributed by atoms with Gasteiger partial charge in [0.1, 0.15) is 0 Å². The molecule has 2 aliphatic heterocycles. The fourth-order valence-corrected chi connectivity index (χ4v) is 6.95. The first kappa shape index (κ1) is 19.6. The van der Waals surface area contributed by atoms with Gasteiger partial charge in [-0.3, -0.25) is 4.79 Å². The van der Waals surface area contributed by atoms with Crippen molar-refractivity contribution in [3.63, 3.8) is 0 Å². The quantitative estimate of drug-likeness (QED) is 0.518. The maximum absolute atomic E-state index is 13.7. The number of carbonyl (C=O) groups excluding carboxylic acids is 1. The zero-order valence-corrected chi connectivity index (χ0v) is 18.6. The molecule has 3 nitrogen and oxygen atoms in total. The third kappa shape index (κ3) is 2.76. The van der Waals surface area contributed by atoms with E-state index in [-0.39, 0.29) is 5.91 Å². The number of hydrogen-bond donors (Lipinski definition) is 2. The minimum Gasteiger partial charge on any atom is -0.382 e. The van der Waals surface area contributed by atoms with Gasteiger partial charge >= 0.3 is 0 Å². The van der Waals surface area contributed by atoms with Crippen LogP contribution in [0.15, 0.2) is 78.9 Å². The molecule has 0 bridgehead atoms. The van der Waals surface area contributed by atoms with Crippen molar-refractivity contribution in [2.45, 2.75) is 50.0 Å². The van der Waals surface area contributed by atoms with Crippen LogP contribution in [0.4, 0.5) is 11.4 Å². The van der Waals surface area contributed by atoms with Crippen molar-refractivity contribution in [1.29, 1.82) is 0 Å². The summed E-state index contributed by atoms with van der Waals surface area (Å²) in [5.41, 5.74) is 5.76. The van der Waals surface area contributed by atoms with Crippen molar-refractivity contribution < 1.29 is 4.79 Å². The Morgan fingerprint density at radius 1 is 0.906 bits per heavy atom. The first-order chi connectivity index (χ1) is 15.7. The molecule has 1 spiro atoms. The summed E-state index contributed by atoms with van der Waals surface area (Å²) in [5.74, 6) is 1.20. The lowest BCUT2D eigenvalue weighted by Gasteiger charge is -2.52. The Morgan fingerprint density at radius 3 is 2.44 bits per heavy atom. The lowest BCUT2D eigenvalue weighted by Crippen LogP contribution is -2.55. The number of hydrogen-bond acceptors (Lipinski definition) is 2. The van der Waals surface area contributed by atoms with Gasteiger partial charge in [0.2, 0.25) is 5.91 Å². The van der Waals surface area contributed by atoms with Gasteiger partial charge in [-0.05, 0) is 59.9 Å². The smallest absolute Gasteiger partial charge is 0.235 e. The summed E-state index contributed by atoms with van der Waals surface area (Å²) in [4.78, 5) is 13.7. The first-order valence-corrected chi connectivity index (χ1v) is 12.0. The van der Waals surface area contributed by atoms with Crippen LogP contribution < -0.4 is 10.6 Å². The number of anilines is 2. The van der Waals surface area contributed by atoms with Gasteiger partial charge in [-0.25, -0.2) is 0 Å². The van der Waals surface area contributed by atoms with Crippen LogP contribution in [-0.4, -0.2) is 11.9 Å². The third-order valence-corrected chi connectivity index (χ3v) is 8.23. The van der Waals surface area contributed by atoms with E-state index in [0.717, 1.165) is 31.4 Å². The molecule has 0 unspecified atom stereocenters. The molecule has 6 rings (SSSR count). The van der Waals surface area contributed by atoms with E-state index in [1.54, 1.807) is 0 Å². The normalized spacial score (nSPS) is 30.1. The molecular weight excluding hydrogens is 392 g/mol. The SMILES string of the molecule is CCC[C@@H]1C[C@@H]2Nc3ccccc3[C@H](c3ccccc3)[C@H]2C[C@]12C(=O)Nc1ccccc12. The van der Waals surface area contributed by atoms with Gasteiger partial charge in [-0.15, -0.1) is 0 Å². The summed E-state index contributed by atoms with van der Waals surface area (Å²) in [5, 5.41) is 7.16. The molecule has 1 amide bonds. The Hall–Kier alpha value is -3.07. The summed E-state index contributed by atoms with van der Waals surface area (Å²) >= 11 is 0. The average Bonchev–Trinajstić information content (AvgIpc) is 3.10. The summed E-state index contributed by atoms with van der Waals surface area (Å²) in [6.45, 7) is 2.24. The topological polar surface area (TPSA) is 41.1 Å². The van der Waals surface area contributed by atoms with Crippen LogP contribution in [-0.2, 0) is 10.2 Å². The summed E-state index contributed by atoms with van der Waals surface area (Å²) < 4.78 is 0. The van der Waals surface area contributed by atoms with E-state index in [1.807, 2.05) is 6.07 Å². The van der Waals surface area contributed by atoms with Crippen LogP contribution >= 0.6 is 0 Å². The molecule has 0 aromatic heterocycles. The van der Waals surface area contributed by atoms with Gasteiger partial charge in [0.15, 0.2) is 0 Å². The number of amides is 1. The minimum absolute atomic E-state index is 0.210. The molecule has 0 radical (unpaired) electrons. The fourth-order valence-electron chi connectivity index (χ4n) is 6.95. The van der Waals surface area contributed by atoms with Crippen molar-refractivity contribution >= 4 is 17.3 Å². The van der Waals surface area contributed by atoms with Crippen LogP contribution in [0.25, 0.3) is 0 Å². The molecule has 3 aliphatic rings. The van der Waals surface area contributed by atoms with Gasteiger partial charge in [0, 0.05) is 23.3 Å². The van der Waals surface area contributed by atoms with Crippen LogP contribution in [0, 0.1) is 11.8 Å². The van der Waals surface area contributed by atoms with Crippen molar-refractivity contribution in [3.05, 3.63) is 95.6 Å². The second kappa shape index (κ2) is 7.51. The highest BCUT2D eigenvalue weighted by molar-refractivity contribution is 6.06. The van der Waals surface area contributed by atoms with Gasteiger partial charge in [0.05, 0.1) is 5.41 Å². The van der Waals surface area contributed by atoms with E-state index in [9.17, 15) is 4.79 Å². The average molecular weight is 423 g/mol. The highest BCUT2D eigenvalue weighted by Gasteiger charge is 2.58. The number of benzene rings is 3. The van der Waals surface area contributed by atoms with E-state index >= 15 is 0 Å².